The molecule has 0 spiro atoms. The standard InChI is InChI=1S/C22H20F2IN3O4S/c1-11-7-18(21(28(2)22(11)30)26-17-6-4-13(25)9-16(17)24)27-33(31,32)20-10-14(20)12-3-5-15(23)19(29)8-12/h3-9,14,20,26-27,29H,10H2,1-2H3. The molecule has 1 heterocycles. The van der Waals surface area contributed by atoms with Crippen LogP contribution in [0.3, 0.4) is 0 Å². The summed E-state index contributed by atoms with van der Waals surface area (Å²) in [5.74, 6) is -2.19. The second kappa shape index (κ2) is 8.60. The van der Waals surface area contributed by atoms with Gasteiger partial charge in [0.1, 0.15) is 11.6 Å². The van der Waals surface area contributed by atoms with E-state index in [0.717, 1.165) is 6.07 Å². The number of phenolic OH excluding ortho intramolecular Hbond substituents is 1. The summed E-state index contributed by atoms with van der Waals surface area (Å²) in [6.07, 6.45) is 0.291. The van der Waals surface area contributed by atoms with Crippen molar-refractivity contribution in [1.29, 1.82) is 0 Å². The number of hydrogen-bond acceptors (Lipinski definition) is 5. The SMILES string of the molecule is Cc1cc(NS(=O)(=O)C2CC2c2ccc(F)c(O)c2)c(Nc2ccc(I)cc2F)n(C)c1=O. The third-order valence-corrected chi connectivity index (χ3v) is 8.05. The number of aryl methyl sites for hydroxylation is 1. The number of nitrogens with one attached hydrogen (secondary N) is 2. The highest BCUT2D eigenvalue weighted by atomic mass is 127. The number of aromatic nitrogens is 1. The maximum Gasteiger partial charge on any atom is 0.254 e. The highest BCUT2D eigenvalue weighted by molar-refractivity contribution is 14.1. The first-order chi connectivity index (χ1) is 15.5. The Kier molecular flexibility index (Phi) is 6.12. The van der Waals surface area contributed by atoms with E-state index in [-0.39, 0.29) is 22.8 Å². The van der Waals surface area contributed by atoms with Crippen LogP contribution >= 0.6 is 22.6 Å². The predicted molar refractivity (Wildman–Crippen MR) is 131 cm³/mol. The fraction of sp³-hybridized carbons (Fsp3) is 0.227. The Hall–Kier alpha value is -2.67. The number of benzene rings is 2. The zero-order valence-electron chi connectivity index (χ0n) is 17.6. The molecule has 4 rings (SSSR count). The maximum atomic E-state index is 14.4. The van der Waals surface area contributed by atoms with E-state index in [1.165, 1.54) is 41.9 Å². The van der Waals surface area contributed by atoms with Crippen molar-refractivity contribution in [2.45, 2.75) is 24.5 Å². The molecule has 1 aliphatic rings. The van der Waals surface area contributed by atoms with Gasteiger partial charge >= 0.3 is 0 Å². The monoisotopic (exact) mass is 587 g/mol. The third-order valence-electron chi connectivity index (χ3n) is 5.56. The second-order valence-electron chi connectivity index (χ2n) is 7.94. The van der Waals surface area contributed by atoms with E-state index < -0.39 is 38.6 Å². The number of sulfonamides is 1. The van der Waals surface area contributed by atoms with Gasteiger partial charge in [0.05, 0.1) is 16.6 Å². The minimum Gasteiger partial charge on any atom is -0.505 e. The summed E-state index contributed by atoms with van der Waals surface area (Å²) in [6.45, 7) is 1.55. The number of pyridine rings is 1. The Balaban J connectivity index is 1.66. The smallest absolute Gasteiger partial charge is 0.254 e. The number of halogens is 3. The van der Waals surface area contributed by atoms with E-state index >= 15 is 0 Å². The van der Waals surface area contributed by atoms with Crippen LogP contribution in [0.15, 0.2) is 47.3 Å². The lowest BCUT2D eigenvalue weighted by molar-refractivity contribution is 0.431. The molecule has 0 radical (unpaired) electrons. The lowest BCUT2D eigenvalue weighted by Crippen LogP contribution is -2.26. The molecule has 174 valence electrons. The van der Waals surface area contributed by atoms with Crippen LogP contribution in [-0.2, 0) is 17.1 Å². The summed E-state index contributed by atoms with van der Waals surface area (Å²) in [7, 11) is -2.45. The molecule has 2 atom stereocenters. The predicted octanol–water partition coefficient (Wildman–Crippen LogP) is 4.32. The summed E-state index contributed by atoms with van der Waals surface area (Å²) in [6, 6.07) is 9.64. The number of aromatic hydroxyl groups is 1. The first-order valence-electron chi connectivity index (χ1n) is 9.90. The van der Waals surface area contributed by atoms with Gasteiger partial charge in [0.2, 0.25) is 10.0 Å². The Bertz CT molecular complexity index is 1430. The van der Waals surface area contributed by atoms with E-state index in [0.29, 0.717) is 21.1 Å². The number of rotatable bonds is 6. The minimum absolute atomic E-state index is 0.0841. The van der Waals surface area contributed by atoms with Crippen LogP contribution < -0.4 is 15.6 Å². The van der Waals surface area contributed by atoms with E-state index in [2.05, 4.69) is 10.0 Å². The van der Waals surface area contributed by atoms with Crippen molar-refractivity contribution in [3.8, 4) is 5.75 Å². The number of phenols is 1. The molecule has 0 amide bonds. The fourth-order valence-electron chi connectivity index (χ4n) is 3.70. The summed E-state index contributed by atoms with van der Waals surface area (Å²) >= 11 is 1.97. The molecule has 1 aromatic heterocycles. The van der Waals surface area contributed by atoms with Crippen molar-refractivity contribution >= 4 is 49.8 Å². The van der Waals surface area contributed by atoms with Crippen molar-refractivity contribution in [1.82, 2.24) is 4.57 Å². The first-order valence-corrected chi connectivity index (χ1v) is 12.5. The van der Waals surface area contributed by atoms with Crippen molar-refractivity contribution < 1.29 is 22.3 Å². The summed E-state index contributed by atoms with van der Waals surface area (Å²) in [4.78, 5) is 12.5. The molecule has 7 nitrogen and oxygen atoms in total. The van der Waals surface area contributed by atoms with Crippen LogP contribution in [0, 0.1) is 22.1 Å². The summed E-state index contributed by atoms with van der Waals surface area (Å²) < 4.78 is 58.3. The summed E-state index contributed by atoms with van der Waals surface area (Å²) in [5.41, 5.74) is 0.637. The van der Waals surface area contributed by atoms with Crippen molar-refractivity contribution in [2.24, 2.45) is 7.05 Å². The Morgan fingerprint density at radius 2 is 1.82 bits per heavy atom. The van der Waals surface area contributed by atoms with Gasteiger partial charge < -0.3 is 10.4 Å². The fourth-order valence-corrected chi connectivity index (χ4v) is 5.81. The Labute approximate surface area is 202 Å². The average Bonchev–Trinajstić information content (AvgIpc) is 3.54. The van der Waals surface area contributed by atoms with E-state index in [9.17, 15) is 27.1 Å². The van der Waals surface area contributed by atoms with Gasteiger partial charge in [-0.05, 0) is 77.9 Å². The Morgan fingerprint density at radius 3 is 2.48 bits per heavy atom. The topological polar surface area (TPSA) is 100 Å². The van der Waals surface area contributed by atoms with Gasteiger partial charge in [-0.1, -0.05) is 6.07 Å². The van der Waals surface area contributed by atoms with Crippen molar-refractivity contribution in [3.63, 3.8) is 0 Å². The lowest BCUT2D eigenvalue weighted by atomic mass is 10.1. The van der Waals surface area contributed by atoms with Gasteiger partial charge in [-0.3, -0.25) is 14.1 Å². The van der Waals surface area contributed by atoms with Gasteiger partial charge in [-0.25, -0.2) is 17.2 Å². The number of nitrogens with zero attached hydrogens (tertiary/aromatic N) is 1. The molecule has 11 heteroatoms. The zero-order chi connectivity index (χ0) is 24.1. The lowest BCUT2D eigenvalue weighted by Gasteiger charge is -2.19. The molecule has 2 unspecified atom stereocenters. The van der Waals surface area contributed by atoms with Gasteiger partial charge in [0.25, 0.3) is 5.56 Å². The molecule has 3 aromatic rings. The van der Waals surface area contributed by atoms with Gasteiger partial charge in [-0.15, -0.1) is 0 Å². The van der Waals surface area contributed by atoms with Crippen LogP contribution in [0.5, 0.6) is 5.75 Å². The molecule has 33 heavy (non-hydrogen) atoms. The molecule has 2 aromatic carbocycles. The molecule has 3 N–H and O–H groups in total. The van der Waals surface area contributed by atoms with Gasteiger partial charge in [0.15, 0.2) is 11.6 Å². The van der Waals surface area contributed by atoms with Gasteiger partial charge in [-0.2, -0.15) is 0 Å². The second-order valence-corrected chi connectivity index (χ2v) is 11.1. The van der Waals surface area contributed by atoms with Crippen LogP contribution in [0.25, 0.3) is 0 Å². The highest BCUT2D eigenvalue weighted by Crippen LogP contribution is 2.47. The maximum absolute atomic E-state index is 14.4. The van der Waals surface area contributed by atoms with E-state index in [1.807, 2.05) is 22.6 Å². The number of hydrogen-bond donors (Lipinski definition) is 3. The average molecular weight is 587 g/mol. The largest absolute Gasteiger partial charge is 0.505 e. The third kappa shape index (κ3) is 4.69. The van der Waals surface area contributed by atoms with E-state index in [4.69, 9.17) is 0 Å². The van der Waals surface area contributed by atoms with Crippen molar-refractivity contribution in [2.75, 3.05) is 10.0 Å². The van der Waals surface area contributed by atoms with E-state index in [1.54, 1.807) is 13.0 Å². The molecule has 1 saturated carbocycles. The number of anilines is 3. The van der Waals surface area contributed by atoms with Crippen molar-refractivity contribution in [3.05, 3.63) is 79.1 Å². The molecule has 0 saturated heterocycles. The zero-order valence-corrected chi connectivity index (χ0v) is 20.5. The molecule has 1 aliphatic carbocycles. The first kappa shape index (κ1) is 23.5. The minimum atomic E-state index is -3.91. The van der Waals surface area contributed by atoms with Crippen LogP contribution in [0.4, 0.5) is 26.0 Å². The molecule has 0 bridgehead atoms. The highest BCUT2D eigenvalue weighted by Gasteiger charge is 2.48. The normalized spacial score (nSPS) is 17.6. The molecule has 1 fully saturated rings. The van der Waals surface area contributed by atoms with Crippen LogP contribution in [-0.4, -0.2) is 23.3 Å². The Morgan fingerprint density at radius 1 is 1.09 bits per heavy atom. The molecule has 0 aliphatic heterocycles. The quantitative estimate of drug-likeness (QED) is 0.373. The molecular weight excluding hydrogens is 567 g/mol. The van der Waals surface area contributed by atoms with Crippen LogP contribution in [0.1, 0.15) is 23.5 Å². The van der Waals surface area contributed by atoms with Crippen LogP contribution in [0.2, 0.25) is 0 Å². The molecular formula is C22H20F2IN3O4S. The summed E-state index contributed by atoms with van der Waals surface area (Å²) in [5, 5.41) is 11.6. The van der Waals surface area contributed by atoms with Gasteiger partial charge in [0, 0.05) is 22.1 Å².